The highest BCUT2D eigenvalue weighted by atomic mass is 35.5. The van der Waals surface area contributed by atoms with E-state index in [1.807, 2.05) is 18.2 Å². The second-order valence-corrected chi connectivity index (χ2v) is 9.04. The van der Waals surface area contributed by atoms with Gasteiger partial charge in [0.2, 0.25) is 5.91 Å². The van der Waals surface area contributed by atoms with Gasteiger partial charge in [0.05, 0.1) is 18.0 Å². The van der Waals surface area contributed by atoms with E-state index in [4.69, 9.17) is 21.4 Å². The van der Waals surface area contributed by atoms with E-state index >= 15 is 0 Å². The number of rotatable bonds is 6. The molecule has 2 heterocycles. The van der Waals surface area contributed by atoms with Crippen LogP contribution >= 0.6 is 23.4 Å². The van der Waals surface area contributed by atoms with E-state index in [0.717, 1.165) is 41.4 Å². The summed E-state index contributed by atoms with van der Waals surface area (Å²) in [5.74, 6) is 1.87. The number of thioether (sulfide) groups is 1. The Bertz CT molecular complexity index is 930. The van der Waals surface area contributed by atoms with Crippen LogP contribution in [0, 0.1) is 5.92 Å². The number of anilines is 1. The Balaban J connectivity index is 1.60. The molecule has 0 saturated heterocycles. The highest BCUT2D eigenvalue weighted by Crippen LogP contribution is 2.39. The maximum Gasteiger partial charge on any atom is 0.248 e. The highest BCUT2D eigenvalue weighted by molar-refractivity contribution is 7.99. The third-order valence-electron chi connectivity index (χ3n) is 5.01. The fourth-order valence-electron chi connectivity index (χ4n) is 3.52. The largest absolute Gasteiger partial charge is 0.494 e. The van der Waals surface area contributed by atoms with Crippen molar-refractivity contribution in [2.45, 2.75) is 17.7 Å². The Labute approximate surface area is 180 Å². The number of fused-ring (bicyclic) bond motifs is 3. The SMILES string of the molecule is CN(C)CCCOc1ccc2c(c1)C1=NN(c3ccc(Cl)cc3)C(=O)CC1CS2. The molecule has 0 saturated carbocycles. The Kier molecular flexibility index (Phi) is 6.13. The predicted octanol–water partition coefficient (Wildman–Crippen LogP) is 4.53. The van der Waals surface area contributed by atoms with Crippen molar-refractivity contribution in [3.8, 4) is 5.75 Å². The van der Waals surface area contributed by atoms with Crippen molar-refractivity contribution >= 4 is 40.7 Å². The minimum atomic E-state index is 0.0150. The molecule has 1 atom stereocenters. The van der Waals surface area contributed by atoms with Crippen LogP contribution in [-0.4, -0.2) is 49.5 Å². The summed E-state index contributed by atoms with van der Waals surface area (Å²) in [6.45, 7) is 1.67. The fourth-order valence-corrected chi connectivity index (χ4v) is 4.79. The van der Waals surface area contributed by atoms with Gasteiger partial charge in [0.15, 0.2) is 0 Å². The number of carbonyl (C=O) groups excluding carboxylic acids is 1. The van der Waals surface area contributed by atoms with Crippen molar-refractivity contribution in [2.75, 3.05) is 38.0 Å². The fraction of sp³-hybridized carbons (Fsp3) is 0.364. The Hall–Kier alpha value is -2.02. The van der Waals surface area contributed by atoms with Gasteiger partial charge in [-0.05, 0) is 63.0 Å². The van der Waals surface area contributed by atoms with Gasteiger partial charge >= 0.3 is 0 Å². The van der Waals surface area contributed by atoms with E-state index in [0.29, 0.717) is 18.1 Å². The van der Waals surface area contributed by atoms with Crippen molar-refractivity contribution in [3.63, 3.8) is 0 Å². The van der Waals surface area contributed by atoms with Crippen LogP contribution < -0.4 is 9.75 Å². The van der Waals surface area contributed by atoms with Gasteiger partial charge < -0.3 is 9.64 Å². The van der Waals surface area contributed by atoms with Gasteiger partial charge in [-0.15, -0.1) is 11.8 Å². The van der Waals surface area contributed by atoms with Crippen LogP contribution in [0.5, 0.6) is 5.75 Å². The van der Waals surface area contributed by atoms with Crippen LogP contribution in [0.15, 0.2) is 52.5 Å². The quantitative estimate of drug-likeness (QED) is 0.632. The van der Waals surface area contributed by atoms with Crippen molar-refractivity contribution < 1.29 is 9.53 Å². The number of amides is 1. The molecule has 0 aliphatic carbocycles. The number of hydrogen-bond acceptors (Lipinski definition) is 5. The molecule has 5 nitrogen and oxygen atoms in total. The molecule has 152 valence electrons. The molecule has 1 amide bonds. The lowest BCUT2D eigenvalue weighted by molar-refractivity contribution is -0.119. The molecule has 7 heteroatoms. The van der Waals surface area contributed by atoms with Crippen LogP contribution in [0.2, 0.25) is 5.02 Å². The number of hydrazone groups is 1. The van der Waals surface area contributed by atoms with Gasteiger partial charge in [0.25, 0.3) is 0 Å². The molecule has 0 N–H and O–H groups in total. The molecule has 0 bridgehead atoms. The first-order valence-corrected chi connectivity index (χ1v) is 11.1. The van der Waals surface area contributed by atoms with Crippen LogP contribution in [0.3, 0.4) is 0 Å². The van der Waals surface area contributed by atoms with Gasteiger partial charge in [-0.3, -0.25) is 4.79 Å². The Morgan fingerprint density at radius 2 is 2.03 bits per heavy atom. The number of hydrogen-bond donors (Lipinski definition) is 0. The summed E-state index contributed by atoms with van der Waals surface area (Å²) < 4.78 is 5.96. The smallest absolute Gasteiger partial charge is 0.248 e. The Morgan fingerprint density at radius 3 is 2.79 bits per heavy atom. The lowest BCUT2D eigenvalue weighted by Crippen LogP contribution is -2.39. The van der Waals surface area contributed by atoms with Gasteiger partial charge in [-0.2, -0.15) is 5.10 Å². The van der Waals surface area contributed by atoms with Crippen LogP contribution in [-0.2, 0) is 4.79 Å². The van der Waals surface area contributed by atoms with Crippen LogP contribution in [0.25, 0.3) is 0 Å². The molecular formula is C22H24ClN3O2S. The van der Waals surface area contributed by atoms with E-state index in [-0.39, 0.29) is 11.8 Å². The molecule has 0 aromatic heterocycles. The average Bonchev–Trinajstić information content (AvgIpc) is 2.71. The van der Waals surface area contributed by atoms with Crippen molar-refractivity contribution in [2.24, 2.45) is 11.0 Å². The van der Waals surface area contributed by atoms with Crippen molar-refractivity contribution in [1.82, 2.24) is 4.90 Å². The van der Waals surface area contributed by atoms with Gasteiger partial charge in [0.1, 0.15) is 5.75 Å². The molecule has 0 fully saturated rings. The average molecular weight is 430 g/mol. The van der Waals surface area contributed by atoms with E-state index in [2.05, 4.69) is 31.1 Å². The highest BCUT2D eigenvalue weighted by Gasteiger charge is 2.35. The lowest BCUT2D eigenvalue weighted by Gasteiger charge is -2.33. The summed E-state index contributed by atoms with van der Waals surface area (Å²) in [7, 11) is 4.12. The molecule has 29 heavy (non-hydrogen) atoms. The summed E-state index contributed by atoms with van der Waals surface area (Å²) in [6, 6.07) is 13.4. The van der Waals surface area contributed by atoms with Gasteiger partial charge in [-0.25, -0.2) is 5.01 Å². The number of halogens is 1. The van der Waals surface area contributed by atoms with E-state index in [9.17, 15) is 4.79 Å². The van der Waals surface area contributed by atoms with E-state index in [1.54, 1.807) is 23.9 Å². The topological polar surface area (TPSA) is 45.1 Å². The summed E-state index contributed by atoms with van der Waals surface area (Å²) in [5, 5.41) is 6.91. The minimum absolute atomic E-state index is 0.0150. The molecular weight excluding hydrogens is 406 g/mol. The predicted molar refractivity (Wildman–Crippen MR) is 119 cm³/mol. The first-order chi connectivity index (χ1) is 14.0. The second kappa shape index (κ2) is 8.78. The van der Waals surface area contributed by atoms with E-state index < -0.39 is 0 Å². The number of benzene rings is 2. The maximum absolute atomic E-state index is 12.7. The number of carbonyl (C=O) groups is 1. The minimum Gasteiger partial charge on any atom is -0.494 e. The third-order valence-corrected chi connectivity index (χ3v) is 6.50. The molecule has 0 spiro atoms. The summed E-state index contributed by atoms with van der Waals surface area (Å²) >= 11 is 7.78. The Morgan fingerprint density at radius 1 is 1.24 bits per heavy atom. The lowest BCUT2D eigenvalue weighted by atomic mass is 9.92. The normalized spacial score (nSPS) is 18.3. The summed E-state index contributed by atoms with van der Waals surface area (Å²) in [4.78, 5) is 16.0. The zero-order valence-electron chi connectivity index (χ0n) is 16.6. The molecule has 4 rings (SSSR count). The molecule has 0 radical (unpaired) electrons. The first-order valence-electron chi connectivity index (χ1n) is 9.73. The van der Waals surface area contributed by atoms with Gasteiger partial charge in [-0.1, -0.05) is 11.6 Å². The number of nitrogens with zero attached hydrogens (tertiary/aromatic N) is 3. The molecule has 2 aliphatic heterocycles. The summed E-state index contributed by atoms with van der Waals surface area (Å²) in [5.41, 5.74) is 2.77. The van der Waals surface area contributed by atoms with Crippen molar-refractivity contribution in [3.05, 3.63) is 53.1 Å². The zero-order valence-corrected chi connectivity index (χ0v) is 18.2. The molecule has 2 aromatic rings. The molecule has 1 unspecified atom stereocenters. The standard InChI is InChI=1S/C22H24ClN3O2S/c1-25(2)10-3-11-28-18-8-9-20-19(13-18)22-15(14-29-20)12-21(27)26(24-22)17-6-4-16(23)5-7-17/h4-9,13,15H,3,10-12,14H2,1-2H3. The number of ether oxygens (including phenoxy) is 1. The van der Waals surface area contributed by atoms with Crippen LogP contribution in [0.4, 0.5) is 5.69 Å². The van der Waals surface area contributed by atoms with Crippen molar-refractivity contribution in [1.29, 1.82) is 0 Å². The monoisotopic (exact) mass is 429 g/mol. The molecule has 2 aliphatic rings. The molecule has 2 aromatic carbocycles. The summed E-state index contributed by atoms with van der Waals surface area (Å²) in [6.07, 6.45) is 1.43. The third kappa shape index (κ3) is 4.60. The van der Waals surface area contributed by atoms with E-state index in [1.165, 1.54) is 9.90 Å². The van der Waals surface area contributed by atoms with Crippen LogP contribution in [0.1, 0.15) is 18.4 Å². The first kappa shape index (κ1) is 20.3. The maximum atomic E-state index is 12.7. The zero-order chi connectivity index (χ0) is 20.4. The van der Waals surface area contributed by atoms with Gasteiger partial charge in [0, 0.05) is 40.1 Å². The second-order valence-electron chi connectivity index (χ2n) is 7.54.